The van der Waals surface area contributed by atoms with Crippen LogP contribution in [-0.4, -0.2) is 83.5 Å². The maximum atomic E-state index is 13.4. The van der Waals surface area contributed by atoms with E-state index >= 15 is 0 Å². The van der Waals surface area contributed by atoms with Crippen LogP contribution in [0.1, 0.15) is 56.0 Å². The van der Waals surface area contributed by atoms with E-state index in [9.17, 15) is 14.4 Å². The standard InChI is InChI=1S/C30H40N4O5/c1-30(2,3)39-29(37)32-26(21-22-11-13-31-14-12-22)28(36)34-18-16-33(17-19-34)15-4-20-38-25-9-7-24(8-10-25)27(35)23-5-6-23/h7-14,23,26H,4-6,15-21H2,1-3H3,(H,32,37)/t26-/m1/s1. The van der Waals surface area contributed by atoms with E-state index in [1.54, 1.807) is 33.2 Å². The number of rotatable bonds is 11. The number of nitrogens with one attached hydrogen (secondary N) is 1. The van der Waals surface area contributed by atoms with E-state index in [1.807, 2.05) is 41.3 Å². The molecule has 1 aliphatic heterocycles. The molecule has 1 saturated carbocycles. The molecule has 2 heterocycles. The number of benzene rings is 1. The molecule has 0 unspecified atom stereocenters. The molecule has 2 aromatic rings. The average Bonchev–Trinajstić information content (AvgIpc) is 3.76. The number of piperazine rings is 1. The Morgan fingerprint density at radius 3 is 2.28 bits per heavy atom. The summed E-state index contributed by atoms with van der Waals surface area (Å²) in [5.41, 5.74) is 1.03. The topological polar surface area (TPSA) is 101 Å². The Morgan fingerprint density at radius 1 is 1.00 bits per heavy atom. The summed E-state index contributed by atoms with van der Waals surface area (Å²) in [7, 11) is 0. The molecule has 2 fully saturated rings. The summed E-state index contributed by atoms with van der Waals surface area (Å²) in [6.45, 7) is 9.56. The Bertz CT molecular complexity index is 1100. The molecule has 1 aliphatic carbocycles. The van der Waals surface area contributed by atoms with Crippen LogP contribution >= 0.6 is 0 Å². The van der Waals surface area contributed by atoms with Crippen molar-refractivity contribution in [3.63, 3.8) is 0 Å². The first-order valence-electron chi connectivity index (χ1n) is 13.8. The predicted molar refractivity (Wildman–Crippen MR) is 148 cm³/mol. The number of carbonyl (C=O) groups is 3. The Labute approximate surface area is 230 Å². The summed E-state index contributed by atoms with van der Waals surface area (Å²) in [5.74, 6) is 1.13. The minimum absolute atomic E-state index is 0.107. The monoisotopic (exact) mass is 536 g/mol. The highest BCUT2D eigenvalue weighted by Crippen LogP contribution is 2.32. The second-order valence-electron chi connectivity index (χ2n) is 11.3. The van der Waals surface area contributed by atoms with Gasteiger partial charge in [-0.2, -0.15) is 0 Å². The molecule has 9 nitrogen and oxygen atoms in total. The fourth-order valence-electron chi connectivity index (χ4n) is 4.59. The minimum Gasteiger partial charge on any atom is -0.494 e. The van der Waals surface area contributed by atoms with Gasteiger partial charge in [0.1, 0.15) is 17.4 Å². The van der Waals surface area contributed by atoms with Crippen molar-refractivity contribution in [2.24, 2.45) is 5.92 Å². The van der Waals surface area contributed by atoms with Crippen LogP contribution in [0.2, 0.25) is 0 Å². The molecular formula is C30H40N4O5. The zero-order valence-electron chi connectivity index (χ0n) is 23.2. The summed E-state index contributed by atoms with van der Waals surface area (Å²) in [4.78, 5) is 46.2. The van der Waals surface area contributed by atoms with E-state index in [-0.39, 0.29) is 17.6 Å². The quantitative estimate of drug-likeness (QED) is 0.345. The predicted octanol–water partition coefficient (Wildman–Crippen LogP) is 3.72. The van der Waals surface area contributed by atoms with Crippen molar-refractivity contribution in [3.05, 3.63) is 59.9 Å². The third-order valence-corrected chi connectivity index (χ3v) is 6.84. The zero-order valence-corrected chi connectivity index (χ0v) is 23.2. The van der Waals surface area contributed by atoms with Crippen LogP contribution in [-0.2, 0) is 16.0 Å². The Morgan fingerprint density at radius 2 is 1.67 bits per heavy atom. The third kappa shape index (κ3) is 9.06. The highest BCUT2D eigenvalue weighted by atomic mass is 16.6. The molecule has 1 aromatic heterocycles. The molecule has 1 N–H and O–H groups in total. The number of hydrogen-bond acceptors (Lipinski definition) is 7. The number of carbonyl (C=O) groups excluding carboxylic acids is 3. The van der Waals surface area contributed by atoms with Gasteiger partial charge in [0, 0.05) is 63.0 Å². The number of hydrogen-bond donors (Lipinski definition) is 1. The summed E-state index contributed by atoms with van der Waals surface area (Å²) >= 11 is 0. The summed E-state index contributed by atoms with van der Waals surface area (Å²) < 4.78 is 11.3. The summed E-state index contributed by atoms with van der Waals surface area (Å²) in [6.07, 6.45) is 6.01. The highest BCUT2D eigenvalue weighted by Gasteiger charge is 2.31. The lowest BCUT2D eigenvalue weighted by molar-refractivity contribution is -0.135. The fraction of sp³-hybridized carbons (Fsp3) is 0.533. The molecule has 1 atom stereocenters. The minimum atomic E-state index is -0.715. The number of pyridine rings is 1. The number of ether oxygens (including phenoxy) is 2. The van der Waals surface area contributed by atoms with Gasteiger partial charge in [-0.25, -0.2) is 4.79 Å². The lowest BCUT2D eigenvalue weighted by atomic mass is 10.1. The van der Waals surface area contributed by atoms with E-state index in [1.165, 1.54) is 0 Å². The molecule has 0 spiro atoms. The lowest BCUT2D eigenvalue weighted by Gasteiger charge is -2.36. The van der Waals surface area contributed by atoms with Gasteiger partial charge in [-0.3, -0.25) is 19.5 Å². The maximum Gasteiger partial charge on any atom is 0.408 e. The van der Waals surface area contributed by atoms with E-state index in [2.05, 4.69) is 15.2 Å². The van der Waals surface area contributed by atoms with Gasteiger partial charge in [0.05, 0.1) is 6.61 Å². The molecule has 2 aliphatic rings. The van der Waals surface area contributed by atoms with Crippen LogP contribution in [0.15, 0.2) is 48.8 Å². The van der Waals surface area contributed by atoms with E-state index in [4.69, 9.17) is 9.47 Å². The Balaban J connectivity index is 1.21. The van der Waals surface area contributed by atoms with Crippen molar-refractivity contribution in [2.75, 3.05) is 39.3 Å². The Kier molecular flexibility index (Phi) is 9.56. The Hall–Kier alpha value is -3.46. The van der Waals surface area contributed by atoms with Crippen molar-refractivity contribution in [3.8, 4) is 5.75 Å². The molecule has 39 heavy (non-hydrogen) atoms. The van der Waals surface area contributed by atoms with E-state index in [0.29, 0.717) is 26.1 Å². The molecule has 2 amide bonds. The normalized spacial score (nSPS) is 16.8. The van der Waals surface area contributed by atoms with Gasteiger partial charge in [0.2, 0.25) is 5.91 Å². The van der Waals surface area contributed by atoms with Gasteiger partial charge < -0.3 is 19.7 Å². The van der Waals surface area contributed by atoms with Gasteiger partial charge in [-0.1, -0.05) is 0 Å². The molecule has 1 aromatic carbocycles. The second kappa shape index (κ2) is 13.1. The number of Topliss-reactive ketones (excluding diaryl/α,β-unsaturated/α-hetero) is 1. The molecule has 4 rings (SSSR count). The van der Waals surface area contributed by atoms with Crippen molar-refractivity contribution < 1.29 is 23.9 Å². The van der Waals surface area contributed by atoms with Crippen molar-refractivity contribution >= 4 is 17.8 Å². The highest BCUT2D eigenvalue weighted by molar-refractivity contribution is 5.99. The average molecular weight is 537 g/mol. The molecule has 0 radical (unpaired) electrons. The van der Waals surface area contributed by atoms with Crippen molar-refractivity contribution in [1.29, 1.82) is 0 Å². The van der Waals surface area contributed by atoms with Gasteiger partial charge in [-0.15, -0.1) is 0 Å². The molecule has 0 bridgehead atoms. The lowest BCUT2D eigenvalue weighted by Crippen LogP contribution is -2.56. The number of aromatic nitrogens is 1. The number of ketones is 1. The summed E-state index contributed by atoms with van der Waals surface area (Å²) in [5, 5.41) is 2.78. The van der Waals surface area contributed by atoms with Crippen LogP contribution in [0.3, 0.4) is 0 Å². The van der Waals surface area contributed by atoms with Gasteiger partial charge in [0.15, 0.2) is 5.78 Å². The second-order valence-corrected chi connectivity index (χ2v) is 11.3. The van der Waals surface area contributed by atoms with Gasteiger partial charge >= 0.3 is 6.09 Å². The first-order chi connectivity index (χ1) is 18.7. The summed E-state index contributed by atoms with van der Waals surface area (Å²) in [6, 6.07) is 10.4. The van der Waals surface area contributed by atoms with Gasteiger partial charge in [0.25, 0.3) is 0 Å². The van der Waals surface area contributed by atoms with E-state index < -0.39 is 17.7 Å². The van der Waals surface area contributed by atoms with Crippen LogP contribution < -0.4 is 10.1 Å². The van der Waals surface area contributed by atoms with Crippen LogP contribution in [0, 0.1) is 5.92 Å². The maximum absolute atomic E-state index is 13.4. The number of alkyl carbamates (subject to hydrolysis) is 1. The zero-order chi connectivity index (χ0) is 27.8. The number of amides is 2. The smallest absolute Gasteiger partial charge is 0.408 e. The molecule has 210 valence electrons. The first kappa shape index (κ1) is 28.5. The third-order valence-electron chi connectivity index (χ3n) is 6.84. The van der Waals surface area contributed by atoms with Gasteiger partial charge in [-0.05, 0) is 82.0 Å². The van der Waals surface area contributed by atoms with Crippen LogP contribution in [0.4, 0.5) is 4.79 Å². The molecule has 9 heteroatoms. The van der Waals surface area contributed by atoms with Crippen molar-refractivity contribution in [1.82, 2.24) is 20.1 Å². The molecule has 1 saturated heterocycles. The van der Waals surface area contributed by atoms with Crippen LogP contribution in [0.5, 0.6) is 5.75 Å². The van der Waals surface area contributed by atoms with Crippen molar-refractivity contribution in [2.45, 2.75) is 58.1 Å². The van der Waals surface area contributed by atoms with E-state index in [0.717, 1.165) is 55.8 Å². The fourth-order valence-corrected chi connectivity index (χ4v) is 4.59. The number of nitrogens with zero attached hydrogens (tertiary/aromatic N) is 3. The van der Waals surface area contributed by atoms with Crippen LogP contribution in [0.25, 0.3) is 0 Å². The molecular weight excluding hydrogens is 496 g/mol. The first-order valence-corrected chi connectivity index (χ1v) is 13.8. The largest absolute Gasteiger partial charge is 0.494 e. The SMILES string of the molecule is CC(C)(C)OC(=O)N[C@H](Cc1ccncc1)C(=O)N1CCN(CCCOc2ccc(C(=O)C3CC3)cc2)CC1.